The maximum absolute atomic E-state index is 13.3. The van der Waals surface area contributed by atoms with Gasteiger partial charge in [0, 0.05) is 12.7 Å². The van der Waals surface area contributed by atoms with Gasteiger partial charge in [0.2, 0.25) is 0 Å². The summed E-state index contributed by atoms with van der Waals surface area (Å²) < 4.78 is 30.8. The van der Waals surface area contributed by atoms with Crippen molar-refractivity contribution in [2.24, 2.45) is 0 Å². The molecule has 0 saturated carbocycles. The van der Waals surface area contributed by atoms with Crippen LogP contribution in [0.3, 0.4) is 0 Å². The summed E-state index contributed by atoms with van der Waals surface area (Å²) in [5.41, 5.74) is 2.09. The van der Waals surface area contributed by atoms with Crippen molar-refractivity contribution in [1.29, 1.82) is 0 Å². The van der Waals surface area contributed by atoms with Gasteiger partial charge in [-0.3, -0.25) is 0 Å². The highest BCUT2D eigenvalue weighted by atomic mass is 19.3. The number of hydrogen-bond donors (Lipinski definition) is 0. The van der Waals surface area contributed by atoms with E-state index in [0.29, 0.717) is 10.9 Å². The molecule has 1 nitrogen and oxygen atoms in total. The van der Waals surface area contributed by atoms with Crippen molar-refractivity contribution in [2.45, 2.75) is 13.0 Å². The lowest BCUT2D eigenvalue weighted by Crippen LogP contribution is -2.34. The van der Waals surface area contributed by atoms with E-state index in [1.165, 1.54) is 0 Å². The molecule has 0 heterocycles. The van der Waals surface area contributed by atoms with E-state index in [-0.39, 0.29) is 5.56 Å². The van der Waals surface area contributed by atoms with Crippen molar-refractivity contribution >= 4 is 26.6 Å². The summed E-state index contributed by atoms with van der Waals surface area (Å²) in [7, 11) is 4.35. The SMILES string of the molecule is Bc1cc(C)cc(B)c1C(F)(F)OC. The Morgan fingerprint density at radius 1 is 1.21 bits per heavy atom. The van der Waals surface area contributed by atoms with Crippen LogP contribution in [0.5, 0.6) is 0 Å². The van der Waals surface area contributed by atoms with E-state index >= 15 is 0 Å². The van der Waals surface area contributed by atoms with Crippen LogP contribution in [-0.4, -0.2) is 22.8 Å². The normalized spacial score (nSPS) is 11.7. The van der Waals surface area contributed by atoms with Crippen molar-refractivity contribution in [2.75, 3.05) is 7.11 Å². The van der Waals surface area contributed by atoms with Gasteiger partial charge >= 0.3 is 6.11 Å². The van der Waals surface area contributed by atoms with Gasteiger partial charge in [0.05, 0.1) is 0 Å². The minimum absolute atomic E-state index is 0.0226. The molecule has 74 valence electrons. The Bertz CT molecular complexity index is 330. The van der Waals surface area contributed by atoms with E-state index in [4.69, 9.17) is 0 Å². The fourth-order valence-corrected chi connectivity index (χ4v) is 1.74. The molecule has 0 N–H and O–H groups in total. The number of alkyl halides is 2. The van der Waals surface area contributed by atoms with Gasteiger partial charge in [-0.05, 0) is 6.92 Å². The van der Waals surface area contributed by atoms with Crippen LogP contribution in [0.15, 0.2) is 12.1 Å². The Morgan fingerprint density at radius 2 is 1.64 bits per heavy atom. The number of methoxy groups -OCH3 is 1. The van der Waals surface area contributed by atoms with Crippen molar-refractivity contribution < 1.29 is 13.5 Å². The third-order valence-electron chi connectivity index (χ3n) is 2.22. The zero-order valence-electron chi connectivity index (χ0n) is 8.82. The van der Waals surface area contributed by atoms with E-state index in [1.54, 1.807) is 27.8 Å². The molecule has 0 bridgehead atoms. The van der Waals surface area contributed by atoms with Crippen molar-refractivity contribution in [3.8, 4) is 0 Å². The maximum Gasteiger partial charge on any atom is 0.381 e. The number of benzene rings is 1. The van der Waals surface area contributed by atoms with Gasteiger partial charge in [0.25, 0.3) is 0 Å². The molecule has 1 aromatic carbocycles. The standard InChI is InChI=1S/C9H12B2F2O/c1-5-3-6(10)8(7(11)4-5)9(12,13)14-2/h3-4H,10-11H2,1-2H3. The first-order valence-electron chi connectivity index (χ1n) is 4.40. The van der Waals surface area contributed by atoms with E-state index in [2.05, 4.69) is 4.74 Å². The van der Waals surface area contributed by atoms with E-state index in [9.17, 15) is 8.78 Å². The number of halogens is 2. The fourth-order valence-electron chi connectivity index (χ4n) is 1.74. The summed E-state index contributed by atoms with van der Waals surface area (Å²) in [6.45, 7) is 1.88. The van der Waals surface area contributed by atoms with Gasteiger partial charge in [0.1, 0.15) is 15.7 Å². The molecule has 0 amide bonds. The van der Waals surface area contributed by atoms with Crippen LogP contribution >= 0.6 is 0 Å². The molecule has 0 aromatic heterocycles. The second-order valence-corrected chi connectivity index (χ2v) is 3.49. The number of ether oxygens (including phenoxy) is 1. The first-order chi connectivity index (χ1) is 6.38. The van der Waals surface area contributed by atoms with Gasteiger partial charge < -0.3 is 4.74 Å². The maximum atomic E-state index is 13.3. The first kappa shape index (κ1) is 11.2. The predicted molar refractivity (Wildman–Crippen MR) is 58.4 cm³/mol. The molecule has 1 aromatic rings. The highest BCUT2D eigenvalue weighted by molar-refractivity contribution is 6.40. The second kappa shape index (κ2) is 3.73. The highest BCUT2D eigenvalue weighted by Crippen LogP contribution is 2.25. The van der Waals surface area contributed by atoms with Crippen LogP contribution in [0.4, 0.5) is 8.78 Å². The Labute approximate surface area is 84.3 Å². The molecular weight excluding hydrogens is 184 g/mol. The van der Waals surface area contributed by atoms with Gasteiger partial charge in [0.15, 0.2) is 0 Å². The van der Waals surface area contributed by atoms with Crippen molar-refractivity contribution in [3.63, 3.8) is 0 Å². The van der Waals surface area contributed by atoms with E-state index in [1.807, 2.05) is 6.92 Å². The lowest BCUT2D eigenvalue weighted by atomic mass is 9.79. The zero-order valence-corrected chi connectivity index (χ0v) is 8.82. The lowest BCUT2D eigenvalue weighted by Gasteiger charge is -2.20. The molecule has 0 radical (unpaired) electrons. The van der Waals surface area contributed by atoms with Gasteiger partial charge in [-0.15, -0.1) is 0 Å². The second-order valence-electron chi connectivity index (χ2n) is 3.49. The molecule has 0 aliphatic rings. The number of rotatable bonds is 2. The van der Waals surface area contributed by atoms with Gasteiger partial charge in [-0.1, -0.05) is 28.6 Å². The number of hydrogen-bond acceptors (Lipinski definition) is 1. The zero-order chi connectivity index (χ0) is 10.9. The molecule has 0 unspecified atom stereocenters. The van der Waals surface area contributed by atoms with E-state index in [0.717, 1.165) is 12.7 Å². The Hall–Kier alpha value is -0.830. The molecular formula is C9H12B2F2O. The van der Waals surface area contributed by atoms with Gasteiger partial charge in [-0.25, -0.2) is 0 Å². The average molecular weight is 196 g/mol. The number of aryl methyl sites for hydroxylation is 1. The van der Waals surface area contributed by atoms with E-state index < -0.39 is 6.11 Å². The minimum Gasteiger partial charge on any atom is -0.320 e. The Balaban J connectivity index is 3.35. The predicted octanol–water partition coefficient (Wildman–Crippen LogP) is -0.792. The van der Waals surface area contributed by atoms with Crippen LogP contribution in [0.1, 0.15) is 11.1 Å². The van der Waals surface area contributed by atoms with Crippen LogP contribution in [0, 0.1) is 6.92 Å². The molecule has 5 heteroatoms. The third-order valence-corrected chi connectivity index (χ3v) is 2.22. The summed E-state index contributed by atoms with van der Waals surface area (Å²) in [5, 5.41) is 0. The smallest absolute Gasteiger partial charge is 0.320 e. The van der Waals surface area contributed by atoms with Crippen LogP contribution in [-0.2, 0) is 10.8 Å². The summed E-state index contributed by atoms with van der Waals surface area (Å²) >= 11 is 0. The summed E-state index contributed by atoms with van der Waals surface area (Å²) in [4.78, 5) is 0. The van der Waals surface area contributed by atoms with Crippen LogP contribution in [0.25, 0.3) is 0 Å². The first-order valence-corrected chi connectivity index (χ1v) is 4.40. The Morgan fingerprint density at radius 3 is 2.00 bits per heavy atom. The van der Waals surface area contributed by atoms with Crippen LogP contribution in [0.2, 0.25) is 0 Å². The summed E-state index contributed by atoms with van der Waals surface area (Å²) in [6.07, 6.45) is -3.19. The molecule has 0 aliphatic heterocycles. The molecule has 0 fully saturated rings. The summed E-state index contributed by atoms with van der Waals surface area (Å²) in [6, 6.07) is 3.46. The molecule has 0 atom stereocenters. The monoisotopic (exact) mass is 196 g/mol. The molecule has 0 saturated heterocycles. The van der Waals surface area contributed by atoms with Crippen molar-refractivity contribution in [3.05, 3.63) is 23.3 Å². The van der Waals surface area contributed by atoms with Crippen molar-refractivity contribution in [1.82, 2.24) is 0 Å². The largest absolute Gasteiger partial charge is 0.381 e. The quantitative estimate of drug-likeness (QED) is 0.563. The lowest BCUT2D eigenvalue weighted by molar-refractivity contribution is -0.230. The molecule has 0 spiro atoms. The molecule has 1 rings (SSSR count). The average Bonchev–Trinajstić information content (AvgIpc) is 2.01. The summed E-state index contributed by atoms with van der Waals surface area (Å²) in [5.74, 6) is 0. The fraction of sp³-hybridized carbons (Fsp3) is 0.333. The third kappa shape index (κ3) is 1.98. The molecule has 14 heavy (non-hydrogen) atoms. The van der Waals surface area contributed by atoms with Gasteiger partial charge in [-0.2, -0.15) is 8.78 Å². The topological polar surface area (TPSA) is 9.23 Å². The van der Waals surface area contributed by atoms with Crippen LogP contribution < -0.4 is 10.9 Å². The molecule has 0 aliphatic carbocycles. The minimum atomic E-state index is -3.19. The Kier molecular flexibility index (Phi) is 3.00. The highest BCUT2D eigenvalue weighted by Gasteiger charge is 2.34.